The Labute approximate surface area is 1070 Å². The van der Waals surface area contributed by atoms with Gasteiger partial charge in [0.25, 0.3) is 12.0 Å². The van der Waals surface area contributed by atoms with Crippen molar-refractivity contribution in [3.63, 3.8) is 0 Å². The Morgan fingerprint density at radius 1 is 0.798 bits per heavy atom. The number of nitro groups is 1. The summed E-state index contributed by atoms with van der Waals surface area (Å²) in [6.45, 7) is 12.5. The molecule has 0 saturated heterocycles. The summed E-state index contributed by atoms with van der Waals surface area (Å²) in [5.41, 5.74) is 12.5. The molecule has 760 valence electrons. The maximum Gasteiger partial charge on any atom is 1.00 e. The third kappa shape index (κ3) is 19.8. The molecule has 7 aromatic rings. The first-order valence-electron chi connectivity index (χ1n) is 186. The van der Waals surface area contributed by atoms with Gasteiger partial charge in [0.2, 0.25) is 11.5 Å². The van der Waals surface area contributed by atoms with Crippen molar-refractivity contribution >= 4 is 47.1 Å². The van der Waals surface area contributed by atoms with Crippen molar-refractivity contribution in [3.8, 4) is 11.3 Å². The number of hydrogen-bond acceptors (Lipinski definition) is 21. The van der Waals surface area contributed by atoms with Crippen LogP contribution < -0.4 is 140 Å². The zero-order valence-electron chi connectivity index (χ0n) is 370. The van der Waals surface area contributed by atoms with Crippen LogP contribution in [0.1, 0.15) is 563 Å². The molecule has 1 unspecified atom stereocenters. The van der Waals surface area contributed by atoms with Crippen molar-refractivity contribution in [1.82, 2.24) is 39.9 Å². The maximum absolute atomic E-state index is 12.2. The number of hydrogen-bond donors (Lipinski definition) is 3. The van der Waals surface area contributed by atoms with Gasteiger partial charge in [-0.2, -0.15) is 0 Å². The molecule has 9 rings (SSSR count). The summed E-state index contributed by atoms with van der Waals surface area (Å²) in [5.74, 6) is 0.276. The van der Waals surface area contributed by atoms with E-state index in [9.17, 15) is 33.7 Å². The van der Waals surface area contributed by atoms with Crippen molar-refractivity contribution in [2.45, 2.75) is 67.2 Å². The SMILES string of the molecule is C.C.CCOC(=O)C1=C(N)Cc2c1ncnc2N(C)Cc1ccccc1.CN(Cc1ccccc1)c1ncnc2c1Cc1[nH]c(=O)[nH]c(=O)c1-2.O=CO[O-].[2HH].[2HH].[2H]CF.[2H][2H].[2H][2H].[2H][2H].[2H][2H].[2H][2H].[2H][2H].[2H][2H].[2H][2H].[2H][2H].[2H][2H].[2H][2H].[2H][2H].[2H][2H].[2H][2H].[2H][2H].[2H][2H].[2H][2H].[2H][2H].[2H][2H].[2H][2H].[2H][2H].[2H][2H].[2H][2H].[2H][2H].[2H][2H].[2H][2H].[2H][2H].[2H][2H].[2H][2H].[2H][2H].[2H][2H].[2H][2H].[2H][2H].[2H][2H].[2H][2H].[2H][2H].[2H][2H].[2H][2H].[2H][2H].[2H][2H].[2H][2H].[2H][2H].[2H][2H].[2H][2H].[2H][2H].[2H][2H].[2H][2H].[2H][2H].[2H][2H].[2H][2H].[2H][2H].[2H][2H].[2H][2H].[2H][2H].[2H][2H].[2H][2H].[2H][2H].[2H][2H].[2H][2H].[2H][2H].[2H][2H].[2H][2H].[2H][2H].[2H][2H].[2H][2H].[2H][2H].[2H][2H].[2H][2H].[2H][2H].[2H][2H].[2H][2H].[2H][2H].[2H][2H].[2H][2H].[2H][2H].[2H][2H].[2H][2H].[2H][2H].[2H][2H].[2H][2H].[2H][2H].[2H][2H].[2H][2H].[2H][2H].[2H][2H].[2H][2H].[2H][2H].[2H][2H].[2H][2H].[2H][2H].[2H][2H].[2H][2H].[2H][2H].[2H][2H].[2H][2H].[2H][2H].[2H][2H].[2H][2H].[2H][2H].[2H][2H].[2H][2H].[2H][2H].[2H][2H].[2H][2H].[2H][2H].[2H][2H].[2H][2H].[2H][2H].[2H][2H].[2H][2H].[2H][2H].[2H][2H].[2H][2H].[2H][2H].[2H][2H].[2H][2H].[2H][2H].[2H][2H].[2H][2H].[2H][2H].[2H][2H].[2H][2H].[2H][2H].[2H][2H].[2H][2H].[2H][2H].[2H][2H].[2H][2H].[2H][2H].[2H][2H].[2H][2H].[2H][2H].[2H][2H].[2H][2H].[2H][2H].[2H][2H].[2H][2H].[2H][2H].[2H][2H].[2H][2H].[2H][2H].[2H][2H].[2H][2H].[2H][2H].[2H][2H].[2H][2H].[2H][2H].[2H][2H].[2H][2H].[2H][2H].[2H][2H].[2H][2H].[2H][2H].[2H][2H].[2H][2H].[2H][2H].[2H][2H].[2H][2H].[2H][2H].[2H][2H].[2H][2H].[C-]#[N+]C(C(=O)OCC)c1ncnc(N(C)Cc2ccccc2)c1[N+](=O)[O-].[H-].[K+].[K+]. The smallest absolute Gasteiger partial charge is 1.00 e. The standard InChI is InChI=1S/C18H20N4O2.C17H17N5O4.C17H15N5O2.CH3F.CH2O3.2CH4.2K.163H2.H/c1-3-24-18(23)15-14(19)9-13-16(15)20-11-21-17(13)22(2)10-12-7-5-4-6-8-12;1-4-26-17(23)14(18-2)13-15(22(24)25)16(20-11-19-13)21(3)10-12-8-6-5-7-9-12;1-22(8-10-5-3-2-4-6-10)15-11-7-12-13(14(11)18-9-19-15)16(23)21-17(24)20-12;1-2;2-1-4-3;;;;;;;;;;;;;;;;;;;;;;;;;;;;;;;;;;;;;;;;;;;;;;;;;;;;;;;;;;;;;;;;;;;;;;;;;;;;;;;;;;;;;;;;;;;;;;;;;;;;;;;;;;;;;;;;;;;;;;;;;;;;;;;;;;;;;;;;;;;;;;;;;;;;;;;;;;;;;;;;;;;;;;;;/h4-8,11H,3,9-10,19H2,1-2H3;5-9,11,14H,4,10H2,1,3H3;2-6,9H,7-8H2,1H3,(H2,20,21,23,24);1H3;1,3H;2*1H4;;;163*1H;/q;;;;;;;2*+1;;;;;;;;;;;;;;;;;;;;;;;;;;;;;;;;;;;;;;;;;;;;;;;;;;;;;;;;;;;;;;;;;;;;;;;;;;;;;;;;;;;;;;;;;;;;;;;;;;;;;;;;;;;;;;;;;;;;;;;;;;;;;;;;;;;;;;;;;;;;;;;;;;;;;;;;;;;;;;;;;;;;-1/p-1/i;;;1D;;;;;;161*1+1D;2*1+1;. The molecule has 4 heterocycles. The quantitative estimate of drug-likeness (QED) is 0.0154. The molecule has 0 spiro atoms. The maximum atomic E-state index is 12.2. The number of nitrogens with zero attached hydrogens (tertiary/aromatic N) is 11. The molecular formula is C56H391FK2N14O11. The number of benzene rings is 3. The largest absolute Gasteiger partial charge is 1.00 e. The van der Waals surface area contributed by atoms with E-state index in [1.165, 1.54) is 18.2 Å². The Kier molecular flexibility index (Phi) is 3.52. The van der Waals surface area contributed by atoms with Gasteiger partial charge in [0.1, 0.15) is 36.2 Å². The molecule has 84 heavy (non-hydrogen) atoms. The van der Waals surface area contributed by atoms with Gasteiger partial charge >= 0.3 is 132 Å². The van der Waals surface area contributed by atoms with E-state index in [0.29, 0.717) is 73.0 Å². The van der Waals surface area contributed by atoms with Gasteiger partial charge in [-0.05, 0) is 30.5 Å². The van der Waals surface area contributed by atoms with Crippen molar-refractivity contribution in [2.24, 2.45) is 5.73 Å². The van der Waals surface area contributed by atoms with Crippen LogP contribution in [0, 0.1) is 16.7 Å². The normalized spacial score (nSPS) is 26.4. The van der Waals surface area contributed by atoms with Gasteiger partial charge in [-0.15, -0.1) is 0 Å². The molecule has 0 bridgehead atoms. The van der Waals surface area contributed by atoms with Crippen LogP contribution in [0.15, 0.2) is 125 Å². The molecule has 4 N–H and O–H groups in total. The number of esters is 2. The summed E-state index contributed by atoms with van der Waals surface area (Å²) in [5, 5.41) is 20.1. The van der Waals surface area contributed by atoms with Crippen molar-refractivity contribution in [3.05, 3.63) is 203 Å². The number of fused-ring (bicyclic) bond motifs is 4. The number of H-pyrrole nitrogens is 2. The third-order valence-corrected chi connectivity index (χ3v) is 11.7. The average Bonchev–Trinajstić information content (AvgIpc) is 1.60. The monoisotopic (exact) mass is 1860 g/mol. The molecule has 4 aromatic heterocycles. The van der Waals surface area contributed by atoms with E-state index >= 15 is 0 Å². The minimum absolute atomic E-state index is 0. The number of rotatable bonds is 16. The number of aromatic nitrogens is 8. The number of allylic oxidation sites excluding steroid dienone is 1. The molecule has 0 aliphatic heterocycles. The van der Waals surface area contributed by atoms with Crippen LogP contribution in [0.2, 0.25) is 0 Å². The van der Waals surface area contributed by atoms with E-state index in [-0.39, 0.29) is 146 Å². The van der Waals surface area contributed by atoms with Gasteiger partial charge in [0.05, 0.1) is 43.6 Å². The van der Waals surface area contributed by atoms with E-state index in [4.69, 9.17) is 511 Å². The fraction of sp³-hybridized carbons (Fsp3) is 0.286. The Hall–Kier alpha value is -7.02. The number of aromatic amines is 2. The first-order valence-corrected chi connectivity index (χ1v) is 24.1. The van der Waals surface area contributed by atoms with Gasteiger partial charge in [-0.25, -0.2) is 50.9 Å². The Morgan fingerprint density at radius 3 is 1.67 bits per heavy atom. The predicted octanol–water partition coefficient (Wildman–Crippen LogP) is 40.0. The molecular weight excluding hydrogens is 1140 g/mol. The summed E-state index contributed by atoms with van der Waals surface area (Å²) in [4.78, 5) is 109. The van der Waals surface area contributed by atoms with Crippen LogP contribution in [0.3, 0.4) is 0 Å². The first kappa shape index (κ1) is 7.78. The summed E-state index contributed by atoms with van der Waals surface area (Å²) >= 11 is 0. The van der Waals surface area contributed by atoms with Gasteiger partial charge in [-0.1, -0.05) is 106 Å². The minimum Gasteiger partial charge on any atom is -1.00 e. The summed E-state index contributed by atoms with van der Waals surface area (Å²) in [6.07, 6.45) is 4.93. The molecule has 0 amide bonds. The van der Waals surface area contributed by atoms with E-state index in [1.807, 2.05) is 90.6 Å². The number of carbonyl (C=O) groups is 3. The number of anilines is 3. The minimum atomic E-state index is -1.51. The third-order valence-electron chi connectivity index (χ3n) is 11.7. The van der Waals surface area contributed by atoms with Crippen LogP contribution in [0.25, 0.3) is 21.7 Å². The number of ether oxygens (including phenoxy) is 2. The van der Waals surface area contributed by atoms with Crippen molar-refractivity contribution in [2.75, 3.05) is 56.2 Å². The van der Waals surface area contributed by atoms with Crippen LogP contribution >= 0.6 is 0 Å². The predicted molar refractivity (Wildman–Crippen MR) is 649 cm³/mol. The molecule has 3 aromatic carbocycles. The van der Waals surface area contributed by atoms with Crippen LogP contribution in [-0.4, -0.2) is 105 Å². The number of nitrogens with one attached hydrogen (secondary N) is 2. The van der Waals surface area contributed by atoms with Crippen molar-refractivity contribution < 1.29 is 630 Å². The van der Waals surface area contributed by atoms with Crippen LogP contribution in [-0.2, 0) is 61.2 Å². The fourth-order valence-electron chi connectivity index (χ4n) is 8.46. The number of carbonyl (C=O) groups excluding carboxylic acids is 3. The second-order valence-electron chi connectivity index (χ2n) is 17.0. The molecule has 0 saturated carbocycles. The average molecular weight is 1860 g/mol. The Morgan fingerprint density at radius 2 is 1.23 bits per heavy atom. The summed E-state index contributed by atoms with van der Waals surface area (Å²) in [6, 6.07) is 28.0. The van der Waals surface area contributed by atoms with Gasteiger partial charge < -0.3 is 46.5 Å². The first-order chi connectivity index (χ1) is 200. The molecule has 0 radical (unpaired) electrons. The van der Waals surface area contributed by atoms with Gasteiger partial charge in [0.15, 0.2) is 0 Å². The van der Waals surface area contributed by atoms with E-state index in [0.717, 1.165) is 40.2 Å². The summed E-state index contributed by atoms with van der Waals surface area (Å²) in [7, 11) is 4.56. The Balaban J connectivity index is -0.00000000933. The van der Waals surface area contributed by atoms with E-state index < -0.39 is 47.0 Å². The second-order valence-corrected chi connectivity index (χ2v) is 17.0. The second kappa shape index (κ2) is 38.0. The Bertz CT molecular complexity index is 3770. The zero-order valence-corrected chi connectivity index (χ0v) is 52.3. The van der Waals surface area contributed by atoms with E-state index in [2.05, 4.69) is 73.9 Å². The molecule has 25 nitrogen and oxygen atoms in total. The number of halogens is 1. The van der Waals surface area contributed by atoms with Crippen molar-refractivity contribution in [1.29, 1.82) is 0 Å². The molecule has 2 aliphatic rings. The van der Waals surface area contributed by atoms with E-state index in [1.54, 1.807) is 25.8 Å². The van der Waals surface area contributed by atoms with Gasteiger partial charge in [0, 0.05) is 557 Å². The molecule has 28 heteroatoms. The van der Waals surface area contributed by atoms with Crippen LogP contribution in [0.4, 0.5) is 27.5 Å². The van der Waals surface area contributed by atoms with Gasteiger partial charge in [-0.3, -0.25) is 33.9 Å². The molecule has 1 atom stereocenters. The number of alkyl halides is 1. The molecule has 2 aliphatic carbocycles. The topological polar surface area (TPSA) is 328 Å². The van der Waals surface area contributed by atoms with Crippen LogP contribution in [0.5, 0.6) is 0 Å². The molecule has 0 fully saturated rings. The zero-order chi connectivity index (χ0) is 381. The number of nitrogens with two attached hydrogens (primary N) is 1. The fourth-order valence-corrected chi connectivity index (χ4v) is 8.46. The summed E-state index contributed by atoms with van der Waals surface area (Å²) < 4.78 is 1640.